The van der Waals surface area contributed by atoms with Gasteiger partial charge in [0.05, 0.1) is 38.3 Å². The van der Waals surface area contributed by atoms with Crippen LogP contribution in [0.4, 0.5) is 0 Å². The fourth-order valence-corrected chi connectivity index (χ4v) is 6.74. The molecule has 12 heteroatoms. The van der Waals surface area contributed by atoms with Crippen molar-refractivity contribution in [2.75, 3.05) is 39.5 Å². The molecule has 2 heterocycles. The Labute approximate surface area is 301 Å². The van der Waals surface area contributed by atoms with Gasteiger partial charge in [0.15, 0.2) is 5.78 Å². The lowest BCUT2D eigenvalue weighted by Gasteiger charge is -2.40. The van der Waals surface area contributed by atoms with Crippen molar-refractivity contribution in [3.8, 4) is 0 Å². The van der Waals surface area contributed by atoms with Crippen LogP contribution >= 0.6 is 0 Å². The number of benzene rings is 2. The van der Waals surface area contributed by atoms with Gasteiger partial charge >= 0.3 is 0 Å². The molecule has 12 nitrogen and oxygen atoms in total. The molecule has 0 bridgehead atoms. The normalized spacial score (nSPS) is 20.3. The molecule has 0 radical (unpaired) electrons. The molecule has 4 rings (SSSR count). The van der Waals surface area contributed by atoms with E-state index in [2.05, 4.69) is 16.0 Å². The van der Waals surface area contributed by atoms with Gasteiger partial charge in [-0.1, -0.05) is 87.9 Å². The van der Waals surface area contributed by atoms with Crippen molar-refractivity contribution < 1.29 is 33.4 Å². The molecule has 51 heavy (non-hydrogen) atoms. The number of morpholine rings is 1. The summed E-state index contributed by atoms with van der Waals surface area (Å²) in [6, 6.07) is 16.9. The molecule has 0 spiro atoms. The Morgan fingerprint density at radius 1 is 0.902 bits per heavy atom. The van der Waals surface area contributed by atoms with Gasteiger partial charge < -0.3 is 31.2 Å². The number of ketones is 1. The second-order valence-corrected chi connectivity index (χ2v) is 14.4. The Kier molecular flexibility index (Phi) is 14.3. The molecule has 2 saturated heterocycles. The van der Waals surface area contributed by atoms with Crippen molar-refractivity contribution >= 4 is 29.4 Å². The number of rotatable bonds is 20. The third-order valence-electron chi connectivity index (χ3n) is 9.75. The second kappa shape index (κ2) is 18.4. The first kappa shape index (κ1) is 39.7. The zero-order valence-electron chi connectivity index (χ0n) is 30.5. The average Bonchev–Trinajstić information content (AvgIpc) is 3.87. The summed E-state index contributed by atoms with van der Waals surface area (Å²) in [6.45, 7) is 10.0. The molecule has 0 aliphatic carbocycles. The number of nitrogens with two attached hydrogens (primary N) is 1. The van der Waals surface area contributed by atoms with Gasteiger partial charge in [0.25, 0.3) is 0 Å². The minimum absolute atomic E-state index is 0.0513. The molecule has 2 aromatic carbocycles. The minimum Gasteiger partial charge on any atom is -0.379 e. The Morgan fingerprint density at radius 3 is 2.06 bits per heavy atom. The molecule has 2 aromatic rings. The first-order valence-corrected chi connectivity index (χ1v) is 18.1. The number of carbonyl (C=O) groups excluding carboxylic acids is 5. The number of nitrogens with zero attached hydrogens (tertiary/aromatic N) is 1. The molecular formula is C39H55N5O7. The number of hydrogen-bond acceptors (Lipinski definition) is 8. The zero-order valence-corrected chi connectivity index (χ0v) is 30.5. The second-order valence-electron chi connectivity index (χ2n) is 14.4. The lowest BCUT2D eigenvalue weighted by molar-refractivity contribution is -0.143. The van der Waals surface area contributed by atoms with Gasteiger partial charge in [-0.25, -0.2) is 0 Å². The van der Waals surface area contributed by atoms with E-state index in [1.807, 2.05) is 86.3 Å². The van der Waals surface area contributed by atoms with Crippen molar-refractivity contribution in [1.29, 1.82) is 0 Å². The molecule has 2 aliphatic heterocycles. The van der Waals surface area contributed by atoms with Crippen LogP contribution in [-0.2, 0) is 46.3 Å². The Bertz CT molecular complexity index is 1480. The number of Topliss-reactive ketones (excluding diaryl/α,β-unsaturated/α-hetero) is 1. The molecule has 4 amide bonds. The first-order valence-electron chi connectivity index (χ1n) is 18.1. The highest BCUT2D eigenvalue weighted by Crippen LogP contribution is 2.32. The highest BCUT2D eigenvalue weighted by molar-refractivity contribution is 6.01. The maximum absolute atomic E-state index is 14.5. The molecule has 2 aliphatic rings. The standard InChI is InChI=1S/C39H55N5O7/c1-5-18-39(37(40)49,30(24-29-14-10-7-11-15-29)35(47)42-32(23-27(2)3)34(46)38(4)26-51-38)43-36(48)31(17-16-28-12-8-6-9-13-28)41-33(45)25-44-19-21-50-22-20-44/h6-15,27,30-32H,5,16-26H2,1-4H3,(H2,40,49)(H,41,45)(H,42,47)(H,43,48)/t30-,31-,32+,38+,39?/m1/s1. The lowest BCUT2D eigenvalue weighted by atomic mass is 9.75. The van der Waals surface area contributed by atoms with Crippen LogP contribution in [0.1, 0.15) is 64.5 Å². The first-order chi connectivity index (χ1) is 24.4. The summed E-state index contributed by atoms with van der Waals surface area (Å²) in [5, 5.41) is 8.78. The number of amides is 4. The summed E-state index contributed by atoms with van der Waals surface area (Å²) in [7, 11) is 0. The molecule has 5 atom stereocenters. The monoisotopic (exact) mass is 705 g/mol. The van der Waals surface area contributed by atoms with E-state index in [0.29, 0.717) is 45.6 Å². The summed E-state index contributed by atoms with van der Waals surface area (Å²) in [4.78, 5) is 71.5. The van der Waals surface area contributed by atoms with Crippen LogP contribution in [0.5, 0.6) is 0 Å². The van der Waals surface area contributed by atoms with Gasteiger partial charge in [-0.3, -0.25) is 28.9 Å². The molecule has 278 valence electrons. The van der Waals surface area contributed by atoms with Crippen LogP contribution in [0.15, 0.2) is 60.7 Å². The smallest absolute Gasteiger partial charge is 0.244 e. The Hall–Kier alpha value is -4.13. The number of nitrogens with one attached hydrogen (secondary N) is 3. The summed E-state index contributed by atoms with van der Waals surface area (Å²) in [6.07, 6.45) is 1.59. The molecular weight excluding hydrogens is 650 g/mol. The largest absolute Gasteiger partial charge is 0.379 e. The average molecular weight is 706 g/mol. The van der Waals surface area contributed by atoms with Gasteiger partial charge in [-0.15, -0.1) is 0 Å². The minimum atomic E-state index is -1.85. The van der Waals surface area contributed by atoms with Gasteiger partial charge in [-0.05, 0) is 56.1 Å². The quantitative estimate of drug-likeness (QED) is 0.152. The van der Waals surface area contributed by atoms with Crippen molar-refractivity contribution in [3.05, 3.63) is 71.8 Å². The number of primary amides is 1. The molecule has 1 unspecified atom stereocenters. The third-order valence-corrected chi connectivity index (χ3v) is 9.75. The predicted molar refractivity (Wildman–Crippen MR) is 193 cm³/mol. The predicted octanol–water partition coefficient (Wildman–Crippen LogP) is 2.32. The summed E-state index contributed by atoms with van der Waals surface area (Å²) >= 11 is 0. The fourth-order valence-electron chi connectivity index (χ4n) is 6.74. The molecule has 2 fully saturated rings. The van der Waals surface area contributed by atoms with Crippen molar-refractivity contribution in [3.63, 3.8) is 0 Å². The van der Waals surface area contributed by atoms with E-state index >= 15 is 0 Å². The van der Waals surface area contributed by atoms with Gasteiger partial charge in [0.2, 0.25) is 23.6 Å². The SMILES string of the molecule is CCCC(NC(=O)[C@@H](CCc1ccccc1)NC(=O)CN1CCOCC1)(C(N)=O)[C@H](Cc1ccccc1)C(=O)N[C@@H](CC(C)C)C(=O)[C@]1(C)CO1. The maximum atomic E-state index is 14.5. The molecule has 0 aromatic heterocycles. The van der Waals surface area contributed by atoms with Crippen LogP contribution < -0.4 is 21.7 Å². The fraction of sp³-hybridized carbons (Fsp3) is 0.564. The van der Waals surface area contributed by atoms with Crippen LogP contribution in [0.3, 0.4) is 0 Å². The Balaban J connectivity index is 1.67. The zero-order chi connectivity index (χ0) is 37.0. The number of carbonyl (C=O) groups is 5. The van der Waals surface area contributed by atoms with Gasteiger partial charge in [-0.2, -0.15) is 0 Å². The topological polar surface area (TPSA) is 172 Å². The summed E-state index contributed by atoms with van der Waals surface area (Å²) < 4.78 is 10.8. The van der Waals surface area contributed by atoms with E-state index in [0.717, 1.165) is 11.1 Å². The van der Waals surface area contributed by atoms with Crippen LogP contribution in [0.2, 0.25) is 0 Å². The highest BCUT2D eigenvalue weighted by Gasteiger charge is 2.53. The number of epoxide rings is 1. The number of ether oxygens (including phenoxy) is 2. The third kappa shape index (κ3) is 11.2. The van der Waals surface area contributed by atoms with Gasteiger partial charge in [0, 0.05) is 13.1 Å². The maximum Gasteiger partial charge on any atom is 0.244 e. The van der Waals surface area contributed by atoms with E-state index < -0.39 is 46.9 Å². The summed E-state index contributed by atoms with van der Waals surface area (Å²) in [5.74, 6) is -3.77. The summed E-state index contributed by atoms with van der Waals surface area (Å²) in [5.41, 5.74) is 5.10. The van der Waals surface area contributed by atoms with Crippen LogP contribution in [0.25, 0.3) is 0 Å². The van der Waals surface area contributed by atoms with Crippen molar-refractivity contribution in [2.24, 2.45) is 17.6 Å². The number of aryl methyl sites for hydroxylation is 1. The van der Waals surface area contributed by atoms with E-state index in [4.69, 9.17) is 15.2 Å². The van der Waals surface area contributed by atoms with Crippen molar-refractivity contribution in [2.45, 2.75) is 89.4 Å². The number of hydrogen-bond donors (Lipinski definition) is 4. The molecule has 5 N–H and O–H groups in total. The van der Waals surface area contributed by atoms with Crippen LogP contribution in [-0.4, -0.2) is 97.0 Å². The Morgan fingerprint density at radius 2 is 1.51 bits per heavy atom. The van der Waals surface area contributed by atoms with Crippen molar-refractivity contribution in [1.82, 2.24) is 20.9 Å². The van der Waals surface area contributed by atoms with E-state index in [1.54, 1.807) is 6.92 Å². The lowest BCUT2D eigenvalue weighted by Crippen LogP contribution is -2.68. The van der Waals surface area contributed by atoms with E-state index in [9.17, 15) is 24.0 Å². The van der Waals surface area contributed by atoms with Crippen LogP contribution in [0, 0.1) is 11.8 Å². The van der Waals surface area contributed by atoms with E-state index in [-0.39, 0.29) is 50.0 Å². The van der Waals surface area contributed by atoms with Gasteiger partial charge in [0.1, 0.15) is 17.2 Å². The molecule has 0 saturated carbocycles. The highest BCUT2D eigenvalue weighted by atomic mass is 16.6. The van der Waals surface area contributed by atoms with E-state index in [1.165, 1.54) is 0 Å².